The van der Waals surface area contributed by atoms with Gasteiger partial charge in [-0.25, -0.2) is 0 Å². The highest BCUT2D eigenvalue weighted by atomic mass is 79.9. The Bertz CT molecular complexity index is 369. The summed E-state index contributed by atoms with van der Waals surface area (Å²) in [5, 5.41) is 0. The van der Waals surface area contributed by atoms with Crippen LogP contribution in [0.4, 0.5) is 5.69 Å². The van der Waals surface area contributed by atoms with Crippen molar-refractivity contribution in [2.24, 2.45) is 5.73 Å². The number of nitrogens with two attached hydrogens (primary N) is 1. The zero-order valence-electron chi connectivity index (χ0n) is 12.5. The number of rotatable bonds is 8. The third kappa shape index (κ3) is 5.15. The third-order valence-electron chi connectivity index (χ3n) is 3.40. The van der Waals surface area contributed by atoms with Crippen LogP contribution in [0.15, 0.2) is 22.7 Å². The highest BCUT2D eigenvalue weighted by Gasteiger charge is 2.10. The summed E-state index contributed by atoms with van der Waals surface area (Å²) in [7, 11) is 0. The Kier molecular flexibility index (Phi) is 7.47. The van der Waals surface area contributed by atoms with E-state index in [1.54, 1.807) is 0 Å². The monoisotopic (exact) mass is 326 g/mol. The SMILES string of the molecule is CCCCN(CCCC)c1ccc([C@H](C)N)c(Br)c1. The lowest BCUT2D eigenvalue weighted by Crippen LogP contribution is -2.25. The molecule has 0 radical (unpaired) electrons. The van der Waals surface area contributed by atoms with Crippen LogP contribution in [0, 0.1) is 0 Å². The van der Waals surface area contributed by atoms with E-state index in [0.29, 0.717) is 0 Å². The molecule has 0 spiro atoms. The van der Waals surface area contributed by atoms with Gasteiger partial charge in [0.15, 0.2) is 0 Å². The third-order valence-corrected chi connectivity index (χ3v) is 4.09. The van der Waals surface area contributed by atoms with E-state index in [2.05, 4.69) is 52.9 Å². The lowest BCUT2D eigenvalue weighted by molar-refractivity contribution is 0.677. The van der Waals surface area contributed by atoms with E-state index in [1.807, 2.05) is 6.92 Å². The van der Waals surface area contributed by atoms with Crippen molar-refractivity contribution in [3.8, 4) is 0 Å². The molecule has 0 saturated carbocycles. The summed E-state index contributed by atoms with van der Waals surface area (Å²) in [6.07, 6.45) is 4.97. The highest BCUT2D eigenvalue weighted by Crippen LogP contribution is 2.27. The predicted molar refractivity (Wildman–Crippen MR) is 88.8 cm³/mol. The van der Waals surface area contributed by atoms with Gasteiger partial charge < -0.3 is 10.6 Å². The van der Waals surface area contributed by atoms with Crippen molar-refractivity contribution in [3.05, 3.63) is 28.2 Å². The quantitative estimate of drug-likeness (QED) is 0.738. The molecule has 108 valence electrons. The number of halogens is 1. The Balaban J connectivity index is 2.85. The molecule has 1 aromatic carbocycles. The number of unbranched alkanes of at least 4 members (excludes halogenated alkanes) is 2. The fraction of sp³-hybridized carbons (Fsp3) is 0.625. The predicted octanol–water partition coefficient (Wildman–Crippen LogP) is 4.88. The summed E-state index contributed by atoms with van der Waals surface area (Å²) in [6, 6.07) is 6.64. The standard InChI is InChI=1S/C16H27BrN2/c1-4-6-10-19(11-7-5-2)14-8-9-15(13(3)18)16(17)12-14/h8-9,12-13H,4-7,10-11,18H2,1-3H3/t13-/m0/s1. The molecule has 2 nitrogen and oxygen atoms in total. The summed E-state index contributed by atoms with van der Waals surface area (Å²) in [4.78, 5) is 2.49. The van der Waals surface area contributed by atoms with Crippen LogP contribution in [-0.2, 0) is 0 Å². The number of hydrogen-bond donors (Lipinski definition) is 1. The normalized spacial score (nSPS) is 12.5. The van der Waals surface area contributed by atoms with Gasteiger partial charge in [0.05, 0.1) is 0 Å². The minimum Gasteiger partial charge on any atom is -0.372 e. The van der Waals surface area contributed by atoms with Crippen LogP contribution in [0.25, 0.3) is 0 Å². The van der Waals surface area contributed by atoms with Crippen molar-refractivity contribution in [2.45, 2.75) is 52.5 Å². The number of nitrogens with zero attached hydrogens (tertiary/aromatic N) is 1. The molecular formula is C16H27BrN2. The van der Waals surface area contributed by atoms with Crippen molar-refractivity contribution in [2.75, 3.05) is 18.0 Å². The zero-order chi connectivity index (χ0) is 14.3. The fourth-order valence-electron chi connectivity index (χ4n) is 2.15. The summed E-state index contributed by atoms with van der Waals surface area (Å²) in [6.45, 7) is 8.78. The van der Waals surface area contributed by atoms with E-state index < -0.39 is 0 Å². The Morgan fingerprint density at radius 1 is 1.16 bits per heavy atom. The minimum atomic E-state index is 0.0724. The molecule has 0 amide bonds. The number of hydrogen-bond acceptors (Lipinski definition) is 2. The van der Waals surface area contributed by atoms with E-state index in [0.717, 1.165) is 17.6 Å². The van der Waals surface area contributed by atoms with Gasteiger partial charge in [0.1, 0.15) is 0 Å². The first kappa shape index (κ1) is 16.5. The Morgan fingerprint density at radius 2 is 1.74 bits per heavy atom. The molecule has 1 aromatic rings. The molecule has 2 N–H and O–H groups in total. The molecule has 0 aliphatic heterocycles. The lowest BCUT2D eigenvalue weighted by atomic mass is 10.1. The van der Waals surface area contributed by atoms with Crippen LogP contribution in [0.2, 0.25) is 0 Å². The van der Waals surface area contributed by atoms with Crippen molar-refractivity contribution >= 4 is 21.6 Å². The first-order valence-electron chi connectivity index (χ1n) is 7.40. The van der Waals surface area contributed by atoms with Crippen molar-refractivity contribution in [3.63, 3.8) is 0 Å². The maximum Gasteiger partial charge on any atom is 0.0377 e. The van der Waals surface area contributed by atoms with Gasteiger partial charge in [0.2, 0.25) is 0 Å². The van der Waals surface area contributed by atoms with Crippen molar-refractivity contribution in [1.82, 2.24) is 0 Å². The van der Waals surface area contributed by atoms with E-state index >= 15 is 0 Å². The largest absolute Gasteiger partial charge is 0.372 e. The highest BCUT2D eigenvalue weighted by molar-refractivity contribution is 9.10. The molecule has 0 fully saturated rings. The maximum absolute atomic E-state index is 5.96. The molecule has 0 aliphatic rings. The molecule has 0 aliphatic carbocycles. The van der Waals surface area contributed by atoms with Crippen LogP contribution < -0.4 is 10.6 Å². The molecule has 1 rings (SSSR count). The molecule has 0 heterocycles. The molecule has 0 bridgehead atoms. The first-order chi connectivity index (χ1) is 9.10. The zero-order valence-corrected chi connectivity index (χ0v) is 14.0. The molecule has 19 heavy (non-hydrogen) atoms. The number of anilines is 1. The topological polar surface area (TPSA) is 29.3 Å². The Hall–Kier alpha value is -0.540. The van der Waals surface area contributed by atoms with Crippen LogP contribution in [0.5, 0.6) is 0 Å². The average Bonchev–Trinajstić information content (AvgIpc) is 2.38. The average molecular weight is 327 g/mol. The molecule has 3 heteroatoms. The van der Waals surface area contributed by atoms with E-state index in [4.69, 9.17) is 5.73 Å². The smallest absolute Gasteiger partial charge is 0.0377 e. The minimum absolute atomic E-state index is 0.0724. The van der Waals surface area contributed by atoms with Gasteiger partial charge in [-0.3, -0.25) is 0 Å². The van der Waals surface area contributed by atoms with Crippen LogP contribution >= 0.6 is 15.9 Å². The Morgan fingerprint density at radius 3 is 2.16 bits per heavy atom. The molecule has 0 unspecified atom stereocenters. The van der Waals surface area contributed by atoms with Gasteiger partial charge in [-0.1, -0.05) is 48.7 Å². The van der Waals surface area contributed by atoms with Crippen LogP contribution in [0.3, 0.4) is 0 Å². The lowest BCUT2D eigenvalue weighted by Gasteiger charge is -2.25. The first-order valence-corrected chi connectivity index (χ1v) is 8.19. The van der Waals surface area contributed by atoms with E-state index in [1.165, 1.54) is 36.9 Å². The van der Waals surface area contributed by atoms with Gasteiger partial charge in [-0.05, 0) is 37.5 Å². The molecule has 0 saturated heterocycles. The van der Waals surface area contributed by atoms with E-state index in [-0.39, 0.29) is 6.04 Å². The number of benzene rings is 1. The van der Waals surface area contributed by atoms with Crippen LogP contribution in [-0.4, -0.2) is 13.1 Å². The Labute approximate surface area is 126 Å². The molecule has 0 aromatic heterocycles. The summed E-state index contributed by atoms with van der Waals surface area (Å²) in [5.41, 5.74) is 8.44. The van der Waals surface area contributed by atoms with Gasteiger partial charge in [0, 0.05) is 29.3 Å². The van der Waals surface area contributed by atoms with Crippen molar-refractivity contribution in [1.29, 1.82) is 0 Å². The molecular weight excluding hydrogens is 300 g/mol. The van der Waals surface area contributed by atoms with Gasteiger partial charge >= 0.3 is 0 Å². The fourth-order valence-corrected chi connectivity index (χ4v) is 2.88. The van der Waals surface area contributed by atoms with Gasteiger partial charge in [0.25, 0.3) is 0 Å². The summed E-state index contributed by atoms with van der Waals surface area (Å²) in [5.74, 6) is 0. The second-order valence-corrected chi connectivity index (χ2v) is 6.04. The maximum atomic E-state index is 5.96. The second-order valence-electron chi connectivity index (χ2n) is 5.19. The summed E-state index contributed by atoms with van der Waals surface area (Å²) >= 11 is 3.65. The van der Waals surface area contributed by atoms with Gasteiger partial charge in [-0.15, -0.1) is 0 Å². The van der Waals surface area contributed by atoms with Crippen LogP contribution in [0.1, 0.15) is 58.1 Å². The van der Waals surface area contributed by atoms with Crippen molar-refractivity contribution < 1.29 is 0 Å². The summed E-state index contributed by atoms with van der Waals surface area (Å²) < 4.78 is 1.12. The molecule has 1 atom stereocenters. The second kappa shape index (κ2) is 8.60. The van der Waals surface area contributed by atoms with Gasteiger partial charge in [-0.2, -0.15) is 0 Å². The van der Waals surface area contributed by atoms with E-state index in [9.17, 15) is 0 Å².